The van der Waals surface area contributed by atoms with Crippen LogP contribution in [0.3, 0.4) is 0 Å². The van der Waals surface area contributed by atoms with Crippen molar-refractivity contribution in [3.8, 4) is 11.4 Å². The molecule has 0 spiro atoms. The number of benzene rings is 2. The van der Waals surface area contributed by atoms with Gasteiger partial charge in [0.25, 0.3) is 5.91 Å². The van der Waals surface area contributed by atoms with Gasteiger partial charge in [0.2, 0.25) is 21.7 Å². The minimum atomic E-state index is -3.67. The quantitative estimate of drug-likeness (QED) is 0.627. The minimum Gasteiger partial charge on any atom is -0.373 e. The number of hydrogen-bond donors (Lipinski definition) is 1. The van der Waals surface area contributed by atoms with Gasteiger partial charge >= 0.3 is 0 Å². The first-order chi connectivity index (χ1) is 15.2. The zero-order valence-corrected chi connectivity index (χ0v) is 18.8. The summed E-state index contributed by atoms with van der Waals surface area (Å²) < 4.78 is 38.1. The standard InChI is InChI=1S/C22H24N4O5S/c1-14-12-26(13-15(2)30-14)32(28,29)18-10-8-17(9-11-18)22(27)24-20-7-5-4-6-19(20)21-23-16(3)31-25-21/h4-11,14-15H,12-13H2,1-3H3,(H,24,27). The molecule has 0 radical (unpaired) electrons. The summed E-state index contributed by atoms with van der Waals surface area (Å²) >= 11 is 0. The molecule has 32 heavy (non-hydrogen) atoms. The molecule has 2 heterocycles. The third kappa shape index (κ3) is 4.57. The van der Waals surface area contributed by atoms with Crippen LogP contribution in [0.25, 0.3) is 11.4 Å². The van der Waals surface area contributed by atoms with Crippen molar-refractivity contribution in [3.05, 3.63) is 60.0 Å². The Labute approximate surface area is 186 Å². The van der Waals surface area contributed by atoms with Gasteiger partial charge in [-0.2, -0.15) is 9.29 Å². The average Bonchev–Trinajstić information content (AvgIpc) is 3.19. The second kappa shape index (κ2) is 8.81. The highest BCUT2D eigenvalue weighted by molar-refractivity contribution is 7.89. The number of nitrogens with zero attached hydrogens (tertiary/aromatic N) is 3. The number of amides is 1. The van der Waals surface area contributed by atoms with E-state index in [1.807, 2.05) is 19.9 Å². The van der Waals surface area contributed by atoms with Gasteiger partial charge in [-0.1, -0.05) is 17.3 Å². The lowest BCUT2D eigenvalue weighted by Crippen LogP contribution is -2.48. The maximum Gasteiger partial charge on any atom is 0.255 e. The summed E-state index contributed by atoms with van der Waals surface area (Å²) in [6.07, 6.45) is -0.358. The van der Waals surface area contributed by atoms with Crippen molar-refractivity contribution in [2.45, 2.75) is 37.9 Å². The van der Waals surface area contributed by atoms with Gasteiger partial charge < -0.3 is 14.6 Å². The van der Waals surface area contributed by atoms with E-state index >= 15 is 0 Å². The number of aryl methyl sites for hydroxylation is 1. The molecule has 1 saturated heterocycles. The molecule has 1 N–H and O–H groups in total. The molecule has 1 aliphatic heterocycles. The number of sulfonamides is 1. The van der Waals surface area contributed by atoms with Crippen molar-refractivity contribution in [1.82, 2.24) is 14.4 Å². The van der Waals surface area contributed by atoms with Crippen molar-refractivity contribution in [1.29, 1.82) is 0 Å². The van der Waals surface area contributed by atoms with Gasteiger partial charge in [0.05, 0.1) is 22.8 Å². The highest BCUT2D eigenvalue weighted by atomic mass is 32.2. The molecule has 168 valence electrons. The van der Waals surface area contributed by atoms with Gasteiger partial charge in [0.1, 0.15) is 0 Å². The lowest BCUT2D eigenvalue weighted by molar-refractivity contribution is -0.0440. The Hall–Kier alpha value is -3.08. The van der Waals surface area contributed by atoms with Crippen molar-refractivity contribution < 1.29 is 22.5 Å². The van der Waals surface area contributed by atoms with E-state index in [-0.39, 0.29) is 23.0 Å². The van der Waals surface area contributed by atoms with Crippen LogP contribution in [0.15, 0.2) is 57.9 Å². The second-order valence-corrected chi connectivity index (χ2v) is 9.68. The first-order valence-electron chi connectivity index (χ1n) is 10.2. The van der Waals surface area contributed by atoms with E-state index < -0.39 is 10.0 Å². The van der Waals surface area contributed by atoms with E-state index in [2.05, 4.69) is 15.5 Å². The van der Waals surface area contributed by atoms with Crippen LogP contribution in [0.5, 0.6) is 0 Å². The number of aromatic nitrogens is 2. The number of ether oxygens (including phenoxy) is 1. The largest absolute Gasteiger partial charge is 0.373 e. The fourth-order valence-electron chi connectivity index (χ4n) is 3.64. The fraction of sp³-hybridized carbons (Fsp3) is 0.318. The molecule has 2 unspecified atom stereocenters. The fourth-order valence-corrected chi connectivity index (χ4v) is 5.24. The highest BCUT2D eigenvalue weighted by Crippen LogP contribution is 2.26. The molecular weight excluding hydrogens is 432 g/mol. The molecular formula is C22H24N4O5S. The Morgan fingerprint density at radius 3 is 2.34 bits per heavy atom. The summed E-state index contributed by atoms with van der Waals surface area (Å²) in [6, 6.07) is 13.0. The summed E-state index contributed by atoms with van der Waals surface area (Å²) in [5.41, 5.74) is 1.46. The predicted octanol–water partition coefficient (Wildman–Crippen LogP) is 3.10. The van der Waals surface area contributed by atoms with Crippen molar-refractivity contribution >= 4 is 21.6 Å². The monoisotopic (exact) mass is 456 g/mol. The predicted molar refractivity (Wildman–Crippen MR) is 118 cm³/mol. The third-order valence-electron chi connectivity index (χ3n) is 5.08. The maximum absolute atomic E-state index is 13.0. The van der Waals surface area contributed by atoms with Gasteiger partial charge in [0.15, 0.2) is 0 Å². The molecule has 4 rings (SSSR count). The second-order valence-electron chi connectivity index (χ2n) is 7.74. The van der Waals surface area contributed by atoms with Crippen LogP contribution >= 0.6 is 0 Å². The number of anilines is 1. The third-order valence-corrected chi connectivity index (χ3v) is 6.93. The Balaban J connectivity index is 1.52. The van der Waals surface area contributed by atoms with Gasteiger partial charge in [0, 0.05) is 31.1 Å². The molecule has 3 aromatic rings. The lowest BCUT2D eigenvalue weighted by atomic mass is 10.1. The van der Waals surface area contributed by atoms with E-state index in [9.17, 15) is 13.2 Å². The smallest absolute Gasteiger partial charge is 0.255 e. The van der Waals surface area contributed by atoms with Gasteiger partial charge in [-0.05, 0) is 50.2 Å². The number of hydrogen-bond acceptors (Lipinski definition) is 7. The Kier molecular flexibility index (Phi) is 6.09. The van der Waals surface area contributed by atoms with Crippen LogP contribution in [0.4, 0.5) is 5.69 Å². The first-order valence-corrected chi connectivity index (χ1v) is 11.6. The normalized spacial score (nSPS) is 19.6. The van der Waals surface area contributed by atoms with E-state index in [1.165, 1.54) is 28.6 Å². The molecule has 1 fully saturated rings. The summed E-state index contributed by atoms with van der Waals surface area (Å²) in [5.74, 6) is 0.408. The first kappa shape index (κ1) is 22.1. The highest BCUT2D eigenvalue weighted by Gasteiger charge is 2.32. The van der Waals surface area contributed by atoms with E-state index in [4.69, 9.17) is 9.26 Å². The van der Waals surface area contributed by atoms with E-state index in [1.54, 1.807) is 25.1 Å². The zero-order chi connectivity index (χ0) is 22.9. The number of rotatable bonds is 5. The number of carbonyl (C=O) groups excluding carboxylic acids is 1. The SMILES string of the molecule is Cc1nc(-c2ccccc2NC(=O)c2ccc(S(=O)(=O)N3CC(C)OC(C)C3)cc2)no1. The van der Waals surface area contributed by atoms with Gasteiger partial charge in [-0.15, -0.1) is 0 Å². The summed E-state index contributed by atoms with van der Waals surface area (Å²) in [4.78, 5) is 17.1. The number of carbonyl (C=O) groups is 1. The number of para-hydroxylation sites is 1. The average molecular weight is 457 g/mol. The van der Waals surface area contributed by atoms with Crippen LogP contribution in [0, 0.1) is 6.92 Å². The molecule has 1 amide bonds. The number of morpholine rings is 1. The van der Waals surface area contributed by atoms with Gasteiger partial charge in [-0.25, -0.2) is 8.42 Å². The van der Waals surface area contributed by atoms with Crippen molar-refractivity contribution in [2.24, 2.45) is 0 Å². The molecule has 0 saturated carbocycles. The molecule has 10 heteroatoms. The summed E-state index contributed by atoms with van der Waals surface area (Å²) in [7, 11) is -3.67. The number of nitrogens with one attached hydrogen (secondary N) is 1. The minimum absolute atomic E-state index is 0.137. The molecule has 1 aromatic heterocycles. The van der Waals surface area contributed by atoms with E-state index in [0.29, 0.717) is 41.6 Å². The molecule has 0 aliphatic carbocycles. The topological polar surface area (TPSA) is 115 Å². The van der Waals surface area contributed by atoms with Crippen molar-refractivity contribution in [2.75, 3.05) is 18.4 Å². The molecule has 1 aliphatic rings. The van der Waals surface area contributed by atoms with Gasteiger partial charge in [-0.3, -0.25) is 4.79 Å². The zero-order valence-electron chi connectivity index (χ0n) is 18.0. The lowest BCUT2D eigenvalue weighted by Gasteiger charge is -2.34. The molecule has 2 atom stereocenters. The Morgan fingerprint density at radius 2 is 1.72 bits per heavy atom. The van der Waals surface area contributed by atoms with Crippen LogP contribution in [0.2, 0.25) is 0 Å². The summed E-state index contributed by atoms with van der Waals surface area (Å²) in [5, 5.41) is 6.73. The molecule has 0 bridgehead atoms. The molecule has 2 aromatic carbocycles. The molecule has 9 nitrogen and oxygen atoms in total. The maximum atomic E-state index is 13.0. The van der Waals surface area contributed by atoms with Crippen molar-refractivity contribution in [3.63, 3.8) is 0 Å². The summed E-state index contributed by atoms with van der Waals surface area (Å²) in [6.45, 7) is 5.97. The van der Waals surface area contributed by atoms with Crippen LogP contribution in [-0.4, -0.2) is 54.1 Å². The van der Waals surface area contributed by atoms with Crippen LogP contribution < -0.4 is 5.32 Å². The van der Waals surface area contributed by atoms with Crippen LogP contribution in [-0.2, 0) is 14.8 Å². The van der Waals surface area contributed by atoms with E-state index in [0.717, 1.165) is 0 Å². The Morgan fingerprint density at radius 1 is 1.06 bits per heavy atom. The van der Waals surface area contributed by atoms with Crippen LogP contribution in [0.1, 0.15) is 30.1 Å². The Bertz CT molecular complexity index is 1210.